The number of rotatable bonds is 9. The molecule has 0 fully saturated rings. The van der Waals surface area contributed by atoms with Gasteiger partial charge in [0.25, 0.3) is 5.91 Å². The van der Waals surface area contributed by atoms with Gasteiger partial charge in [-0.05, 0) is 30.7 Å². The summed E-state index contributed by atoms with van der Waals surface area (Å²) in [7, 11) is 0. The predicted molar refractivity (Wildman–Crippen MR) is 119 cm³/mol. The lowest BCUT2D eigenvalue weighted by Crippen LogP contribution is -2.26. The molecule has 7 nitrogen and oxygen atoms in total. The lowest BCUT2D eigenvalue weighted by atomic mass is 10.2. The number of para-hydroxylation sites is 1. The van der Waals surface area contributed by atoms with Gasteiger partial charge >= 0.3 is 0 Å². The fraction of sp³-hybridized carbons (Fsp3) is 0.217. The smallest absolute Gasteiger partial charge is 0.252 e. The van der Waals surface area contributed by atoms with E-state index in [0.717, 1.165) is 21.5 Å². The third-order valence-electron chi connectivity index (χ3n) is 4.52. The Bertz CT molecular complexity index is 1170. The van der Waals surface area contributed by atoms with Crippen LogP contribution in [0.2, 0.25) is 0 Å². The fourth-order valence-electron chi connectivity index (χ4n) is 3.07. The summed E-state index contributed by atoms with van der Waals surface area (Å²) in [5.41, 5.74) is 1.48. The number of hydrogen-bond donors (Lipinski definition) is 1. The van der Waals surface area contributed by atoms with Crippen molar-refractivity contribution in [3.05, 3.63) is 78.1 Å². The maximum absolute atomic E-state index is 12.7. The number of fused-ring (bicyclic) bond motifs is 1. The molecule has 0 atom stereocenters. The largest absolute Gasteiger partial charge is 0.491 e. The molecule has 2 heterocycles. The first kappa shape index (κ1) is 20.9. The van der Waals surface area contributed by atoms with Crippen molar-refractivity contribution in [3.63, 3.8) is 0 Å². The Morgan fingerprint density at radius 2 is 2.00 bits per heavy atom. The van der Waals surface area contributed by atoms with Crippen LogP contribution in [0, 0.1) is 6.92 Å². The Labute approximate surface area is 184 Å². The van der Waals surface area contributed by atoms with Crippen LogP contribution in [0.4, 0.5) is 0 Å². The quantitative estimate of drug-likeness (QED) is 0.308. The lowest BCUT2D eigenvalue weighted by Gasteiger charge is -2.11. The van der Waals surface area contributed by atoms with Crippen molar-refractivity contribution < 1.29 is 14.1 Å². The van der Waals surface area contributed by atoms with Crippen molar-refractivity contribution in [1.29, 1.82) is 0 Å². The van der Waals surface area contributed by atoms with E-state index in [0.29, 0.717) is 42.6 Å². The van der Waals surface area contributed by atoms with Gasteiger partial charge in [0, 0.05) is 29.9 Å². The molecule has 0 radical (unpaired) electrons. The number of carbonyl (C=O) groups excluding carboxylic acids is 1. The number of thioether (sulfide) groups is 1. The van der Waals surface area contributed by atoms with Gasteiger partial charge in [-0.25, -0.2) is 0 Å². The number of carbonyl (C=O) groups is 1. The van der Waals surface area contributed by atoms with Crippen LogP contribution in [0.3, 0.4) is 0 Å². The van der Waals surface area contributed by atoms with E-state index >= 15 is 0 Å². The second-order valence-electron chi connectivity index (χ2n) is 6.80. The molecule has 0 unspecified atom stereocenters. The number of nitrogens with zero attached hydrogens (tertiary/aromatic N) is 3. The summed E-state index contributed by atoms with van der Waals surface area (Å²) in [5, 5.41) is 7.90. The summed E-state index contributed by atoms with van der Waals surface area (Å²) < 4.78 is 10.9. The van der Waals surface area contributed by atoms with Crippen LogP contribution >= 0.6 is 11.8 Å². The van der Waals surface area contributed by atoms with Gasteiger partial charge in [0.05, 0.1) is 17.9 Å². The van der Waals surface area contributed by atoms with Crippen molar-refractivity contribution in [2.45, 2.75) is 24.0 Å². The zero-order valence-corrected chi connectivity index (χ0v) is 17.9. The molecule has 0 bridgehead atoms. The molecule has 0 saturated carbocycles. The molecule has 0 aliphatic carbocycles. The van der Waals surface area contributed by atoms with Gasteiger partial charge in [-0.1, -0.05) is 35.5 Å². The number of benzene rings is 2. The molecular formula is C23H22N4O3S. The molecule has 0 aliphatic heterocycles. The third kappa shape index (κ3) is 5.40. The molecule has 2 aromatic heterocycles. The van der Waals surface area contributed by atoms with Crippen molar-refractivity contribution in [3.8, 4) is 5.75 Å². The van der Waals surface area contributed by atoms with Crippen LogP contribution in [-0.4, -0.2) is 34.2 Å². The second-order valence-corrected chi connectivity index (χ2v) is 7.82. The van der Waals surface area contributed by atoms with Crippen LogP contribution < -0.4 is 10.1 Å². The molecular weight excluding hydrogens is 412 g/mol. The van der Waals surface area contributed by atoms with Gasteiger partial charge in [-0.3, -0.25) is 9.78 Å². The molecule has 8 heteroatoms. The average molecular weight is 435 g/mol. The first-order valence-corrected chi connectivity index (χ1v) is 10.9. The van der Waals surface area contributed by atoms with Gasteiger partial charge in [0.2, 0.25) is 5.89 Å². The van der Waals surface area contributed by atoms with Crippen LogP contribution in [-0.2, 0) is 5.75 Å². The molecule has 4 rings (SSSR count). The summed E-state index contributed by atoms with van der Waals surface area (Å²) in [4.78, 5) is 22.1. The highest BCUT2D eigenvalue weighted by atomic mass is 32.2. The molecule has 4 aromatic rings. The molecule has 0 spiro atoms. The Morgan fingerprint density at radius 3 is 2.87 bits per heavy atom. The summed E-state index contributed by atoms with van der Waals surface area (Å²) in [6.45, 7) is 2.76. The van der Waals surface area contributed by atoms with E-state index in [1.165, 1.54) is 11.8 Å². The van der Waals surface area contributed by atoms with Crippen molar-refractivity contribution in [2.24, 2.45) is 0 Å². The van der Waals surface area contributed by atoms with E-state index in [1.807, 2.05) is 54.6 Å². The van der Waals surface area contributed by atoms with Crippen molar-refractivity contribution in [1.82, 2.24) is 20.4 Å². The number of aryl methyl sites for hydroxylation is 1. The SMILES string of the molecule is Cc1nc(CSc2ccccc2C(=O)NCCCOc2cccc3cccnc23)no1. The van der Waals surface area contributed by atoms with Crippen molar-refractivity contribution >= 4 is 28.6 Å². The van der Waals surface area contributed by atoms with Crippen LogP contribution in [0.15, 0.2) is 70.2 Å². The highest BCUT2D eigenvalue weighted by Gasteiger charge is 2.12. The zero-order chi connectivity index (χ0) is 21.5. The summed E-state index contributed by atoms with van der Waals surface area (Å²) in [6, 6.07) is 17.3. The molecule has 0 saturated heterocycles. The zero-order valence-electron chi connectivity index (χ0n) is 17.1. The van der Waals surface area contributed by atoms with Crippen LogP contribution in [0.5, 0.6) is 5.75 Å². The lowest BCUT2D eigenvalue weighted by molar-refractivity contribution is 0.0948. The standard InChI is InChI=1S/C23H22N4O3S/c1-16-26-21(27-30-16)15-31-20-11-3-2-9-18(20)23(28)25-13-6-14-29-19-10-4-7-17-8-5-12-24-22(17)19/h2-5,7-12H,6,13-15H2,1H3,(H,25,28). The van der Waals surface area contributed by atoms with E-state index in [4.69, 9.17) is 9.26 Å². The van der Waals surface area contributed by atoms with E-state index in [2.05, 4.69) is 20.4 Å². The van der Waals surface area contributed by atoms with E-state index in [1.54, 1.807) is 13.1 Å². The highest BCUT2D eigenvalue weighted by molar-refractivity contribution is 7.98. The predicted octanol–water partition coefficient (Wildman–Crippen LogP) is 4.42. The molecule has 0 aliphatic rings. The minimum absolute atomic E-state index is 0.112. The minimum Gasteiger partial charge on any atom is -0.491 e. The maximum Gasteiger partial charge on any atom is 0.252 e. The van der Waals surface area contributed by atoms with E-state index in [-0.39, 0.29) is 5.91 Å². The Hall–Kier alpha value is -3.39. The van der Waals surface area contributed by atoms with Gasteiger partial charge in [-0.2, -0.15) is 4.98 Å². The normalized spacial score (nSPS) is 10.9. The Balaban J connectivity index is 1.27. The van der Waals surface area contributed by atoms with E-state index in [9.17, 15) is 4.79 Å². The maximum atomic E-state index is 12.7. The highest BCUT2D eigenvalue weighted by Crippen LogP contribution is 2.26. The number of pyridine rings is 1. The van der Waals surface area contributed by atoms with Crippen LogP contribution in [0.25, 0.3) is 10.9 Å². The topological polar surface area (TPSA) is 90.1 Å². The number of nitrogens with one attached hydrogen (secondary N) is 1. The molecule has 2 aromatic carbocycles. The number of amides is 1. The summed E-state index contributed by atoms with van der Waals surface area (Å²) in [6.07, 6.45) is 2.44. The van der Waals surface area contributed by atoms with Crippen LogP contribution in [0.1, 0.15) is 28.5 Å². The summed E-state index contributed by atoms with van der Waals surface area (Å²) >= 11 is 1.51. The van der Waals surface area contributed by atoms with E-state index < -0.39 is 0 Å². The molecule has 31 heavy (non-hydrogen) atoms. The second kappa shape index (κ2) is 10.1. The average Bonchev–Trinajstić information content (AvgIpc) is 3.22. The first-order chi connectivity index (χ1) is 15.2. The molecule has 1 amide bonds. The third-order valence-corrected chi connectivity index (χ3v) is 5.59. The number of ether oxygens (including phenoxy) is 1. The van der Waals surface area contributed by atoms with Gasteiger partial charge in [0.15, 0.2) is 5.82 Å². The van der Waals surface area contributed by atoms with Crippen molar-refractivity contribution in [2.75, 3.05) is 13.2 Å². The monoisotopic (exact) mass is 434 g/mol. The Kier molecular flexibility index (Phi) is 6.78. The van der Waals surface area contributed by atoms with Gasteiger partial charge < -0.3 is 14.6 Å². The first-order valence-electron chi connectivity index (χ1n) is 9.96. The molecule has 158 valence electrons. The number of hydrogen-bond acceptors (Lipinski definition) is 7. The fourth-order valence-corrected chi connectivity index (χ4v) is 3.96. The number of aromatic nitrogens is 3. The molecule has 1 N–H and O–H groups in total. The summed E-state index contributed by atoms with van der Waals surface area (Å²) in [5.74, 6) is 2.32. The Morgan fingerprint density at radius 1 is 1.13 bits per heavy atom. The van der Waals surface area contributed by atoms with Gasteiger partial charge in [0.1, 0.15) is 11.3 Å². The minimum atomic E-state index is -0.112. The van der Waals surface area contributed by atoms with Gasteiger partial charge in [-0.15, -0.1) is 11.8 Å².